The number of benzene rings is 1. The highest BCUT2D eigenvalue weighted by Gasteiger charge is 2.26. The van der Waals surface area contributed by atoms with Gasteiger partial charge in [-0.1, -0.05) is 25.1 Å². The fourth-order valence-electron chi connectivity index (χ4n) is 3.63. The zero-order valence-corrected chi connectivity index (χ0v) is 18.4. The van der Waals surface area contributed by atoms with Gasteiger partial charge < -0.3 is 14.8 Å². The molecule has 1 aromatic carbocycles. The van der Waals surface area contributed by atoms with Crippen molar-refractivity contribution in [1.29, 1.82) is 0 Å². The van der Waals surface area contributed by atoms with E-state index >= 15 is 0 Å². The van der Waals surface area contributed by atoms with Crippen LogP contribution in [0.1, 0.15) is 43.2 Å². The number of amides is 1. The van der Waals surface area contributed by atoms with Gasteiger partial charge in [-0.15, -0.1) is 11.3 Å². The monoisotopic (exact) mass is 416 g/mol. The summed E-state index contributed by atoms with van der Waals surface area (Å²) in [6.07, 6.45) is 1.93. The molecule has 2 aromatic rings. The van der Waals surface area contributed by atoms with Crippen molar-refractivity contribution in [2.75, 3.05) is 26.7 Å². The SMILES string of the molecule is COc1cccc(COC(C)C(=O)NCC(c2cccs2)N2CCC(C)CC2)c1. The molecule has 1 fully saturated rings. The number of carbonyl (C=O) groups is 1. The molecule has 1 N–H and O–H groups in total. The molecule has 6 heteroatoms. The van der Waals surface area contributed by atoms with E-state index in [0.717, 1.165) is 30.3 Å². The molecule has 158 valence electrons. The zero-order valence-electron chi connectivity index (χ0n) is 17.6. The van der Waals surface area contributed by atoms with Crippen LogP contribution in [0.3, 0.4) is 0 Å². The minimum Gasteiger partial charge on any atom is -0.497 e. The van der Waals surface area contributed by atoms with Crippen molar-refractivity contribution in [2.24, 2.45) is 5.92 Å². The van der Waals surface area contributed by atoms with E-state index in [1.165, 1.54) is 17.7 Å². The molecule has 0 aliphatic carbocycles. The second-order valence-corrected chi connectivity index (χ2v) is 8.78. The number of nitrogens with zero attached hydrogens (tertiary/aromatic N) is 1. The molecule has 1 aliphatic rings. The highest BCUT2D eigenvalue weighted by atomic mass is 32.1. The van der Waals surface area contributed by atoms with Crippen molar-refractivity contribution in [1.82, 2.24) is 10.2 Å². The Bertz CT molecular complexity index is 757. The Morgan fingerprint density at radius 3 is 2.76 bits per heavy atom. The van der Waals surface area contributed by atoms with Crippen LogP contribution in [0, 0.1) is 5.92 Å². The number of carbonyl (C=O) groups excluding carboxylic acids is 1. The van der Waals surface area contributed by atoms with Crippen molar-refractivity contribution in [3.05, 3.63) is 52.2 Å². The molecule has 0 spiro atoms. The van der Waals surface area contributed by atoms with E-state index in [9.17, 15) is 4.79 Å². The predicted molar refractivity (Wildman–Crippen MR) is 117 cm³/mol. The van der Waals surface area contributed by atoms with Crippen LogP contribution in [0.15, 0.2) is 41.8 Å². The summed E-state index contributed by atoms with van der Waals surface area (Å²) >= 11 is 1.76. The van der Waals surface area contributed by atoms with E-state index in [0.29, 0.717) is 13.2 Å². The van der Waals surface area contributed by atoms with Crippen LogP contribution in [-0.2, 0) is 16.1 Å². The van der Waals surface area contributed by atoms with Gasteiger partial charge >= 0.3 is 0 Å². The first-order valence-corrected chi connectivity index (χ1v) is 11.2. The van der Waals surface area contributed by atoms with Crippen LogP contribution in [0.4, 0.5) is 0 Å². The van der Waals surface area contributed by atoms with Gasteiger partial charge in [-0.2, -0.15) is 0 Å². The topological polar surface area (TPSA) is 50.8 Å². The van der Waals surface area contributed by atoms with Crippen LogP contribution in [0.25, 0.3) is 0 Å². The first kappa shape index (κ1) is 21.8. The van der Waals surface area contributed by atoms with Gasteiger partial charge in [0.05, 0.1) is 19.8 Å². The maximum atomic E-state index is 12.6. The van der Waals surface area contributed by atoms with E-state index in [4.69, 9.17) is 9.47 Å². The van der Waals surface area contributed by atoms with Gasteiger partial charge in [-0.05, 0) is 67.9 Å². The van der Waals surface area contributed by atoms with Gasteiger partial charge in [0.25, 0.3) is 0 Å². The van der Waals surface area contributed by atoms with Gasteiger partial charge in [-0.25, -0.2) is 0 Å². The van der Waals surface area contributed by atoms with Crippen LogP contribution >= 0.6 is 11.3 Å². The Balaban J connectivity index is 1.52. The fourth-order valence-corrected chi connectivity index (χ4v) is 4.49. The minimum absolute atomic E-state index is 0.0696. The summed E-state index contributed by atoms with van der Waals surface area (Å²) < 4.78 is 11.0. The van der Waals surface area contributed by atoms with Crippen molar-refractivity contribution in [3.63, 3.8) is 0 Å². The Morgan fingerprint density at radius 1 is 1.28 bits per heavy atom. The summed E-state index contributed by atoms with van der Waals surface area (Å²) in [7, 11) is 1.64. The lowest BCUT2D eigenvalue weighted by Gasteiger charge is -2.36. The normalized spacial score (nSPS) is 17.6. The molecule has 2 heterocycles. The van der Waals surface area contributed by atoms with Crippen LogP contribution in [-0.4, -0.2) is 43.7 Å². The summed E-state index contributed by atoms with van der Waals surface area (Å²) in [4.78, 5) is 16.4. The number of ether oxygens (including phenoxy) is 2. The van der Waals surface area contributed by atoms with Gasteiger partial charge in [0, 0.05) is 11.4 Å². The lowest BCUT2D eigenvalue weighted by Crippen LogP contribution is -2.43. The molecule has 2 atom stereocenters. The van der Waals surface area contributed by atoms with Crippen molar-refractivity contribution < 1.29 is 14.3 Å². The Morgan fingerprint density at radius 2 is 2.07 bits per heavy atom. The number of hydrogen-bond acceptors (Lipinski definition) is 5. The number of thiophene rings is 1. The molecule has 29 heavy (non-hydrogen) atoms. The Labute approximate surface area is 178 Å². The third kappa shape index (κ3) is 6.29. The molecule has 0 radical (unpaired) electrons. The van der Waals surface area contributed by atoms with Gasteiger partial charge in [0.15, 0.2) is 0 Å². The predicted octanol–water partition coefficient (Wildman–Crippen LogP) is 4.25. The number of rotatable bonds is 9. The summed E-state index contributed by atoms with van der Waals surface area (Å²) in [5, 5.41) is 5.22. The molecule has 3 rings (SSSR count). The standard InChI is InChI=1S/C23H32N2O3S/c1-17-9-11-25(12-10-17)21(22-8-5-13-29-22)15-24-23(26)18(2)28-16-19-6-4-7-20(14-19)27-3/h4-8,13-14,17-18,21H,9-12,15-16H2,1-3H3,(H,24,26). The Hall–Kier alpha value is -1.89. The molecule has 2 unspecified atom stereocenters. The third-order valence-electron chi connectivity index (χ3n) is 5.60. The molecule has 1 aliphatic heterocycles. The number of piperidine rings is 1. The van der Waals surface area contributed by atoms with Gasteiger partial charge in [-0.3, -0.25) is 9.69 Å². The first-order chi connectivity index (χ1) is 14.1. The van der Waals surface area contributed by atoms with E-state index in [-0.39, 0.29) is 11.9 Å². The average Bonchev–Trinajstić information content (AvgIpc) is 3.28. The molecule has 1 saturated heterocycles. The van der Waals surface area contributed by atoms with E-state index in [2.05, 4.69) is 34.7 Å². The number of likely N-dealkylation sites (tertiary alicyclic amines) is 1. The summed E-state index contributed by atoms with van der Waals surface area (Å²) in [5.41, 5.74) is 0.989. The summed E-state index contributed by atoms with van der Waals surface area (Å²) in [5.74, 6) is 1.51. The Kier molecular flexibility index (Phi) is 8.09. The first-order valence-electron chi connectivity index (χ1n) is 10.4. The lowest BCUT2D eigenvalue weighted by molar-refractivity contribution is -0.132. The highest BCUT2D eigenvalue weighted by Crippen LogP contribution is 2.29. The lowest BCUT2D eigenvalue weighted by atomic mass is 9.97. The molecule has 5 nitrogen and oxygen atoms in total. The second-order valence-electron chi connectivity index (χ2n) is 7.80. The van der Waals surface area contributed by atoms with E-state index < -0.39 is 6.10 Å². The smallest absolute Gasteiger partial charge is 0.248 e. The van der Waals surface area contributed by atoms with Crippen LogP contribution in [0.5, 0.6) is 5.75 Å². The number of hydrogen-bond donors (Lipinski definition) is 1. The van der Waals surface area contributed by atoms with Crippen molar-refractivity contribution >= 4 is 17.2 Å². The zero-order chi connectivity index (χ0) is 20.6. The average molecular weight is 417 g/mol. The van der Waals surface area contributed by atoms with Crippen molar-refractivity contribution in [3.8, 4) is 5.75 Å². The van der Waals surface area contributed by atoms with Gasteiger partial charge in [0.1, 0.15) is 11.9 Å². The molecule has 0 bridgehead atoms. The van der Waals surface area contributed by atoms with E-state index in [1.807, 2.05) is 24.3 Å². The van der Waals surface area contributed by atoms with Crippen LogP contribution < -0.4 is 10.1 Å². The van der Waals surface area contributed by atoms with Crippen LogP contribution in [0.2, 0.25) is 0 Å². The second kappa shape index (κ2) is 10.8. The number of nitrogens with one attached hydrogen (secondary N) is 1. The van der Waals surface area contributed by atoms with Gasteiger partial charge in [0.2, 0.25) is 5.91 Å². The molecular weight excluding hydrogens is 384 g/mol. The minimum atomic E-state index is -0.508. The molecule has 1 aromatic heterocycles. The maximum Gasteiger partial charge on any atom is 0.248 e. The quantitative estimate of drug-likeness (QED) is 0.664. The fraction of sp³-hybridized carbons (Fsp3) is 0.522. The molecule has 0 saturated carbocycles. The summed E-state index contributed by atoms with van der Waals surface area (Å²) in [6.45, 7) is 7.28. The highest BCUT2D eigenvalue weighted by molar-refractivity contribution is 7.10. The van der Waals surface area contributed by atoms with E-state index in [1.54, 1.807) is 25.4 Å². The molecule has 1 amide bonds. The number of methoxy groups -OCH3 is 1. The summed E-state index contributed by atoms with van der Waals surface area (Å²) in [6, 6.07) is 12.2. The van der Waals surface area contributed by atoms with Crippen molar-refractivity contribution in [2.45, 2.75) is 45.4 Å². The largest absolute Gasteiger partial charge is 0.497 e. The third-order valence-corrected chi connectivity index (χ3v) is 6.58. The maximum absolute atomic E-state index is 12.6. The molecular formula is C23H32N2O3S.